The summed E-state index contributed by atoms with van der Waals surface area (Å²) in [6.07, 6.45) is -4.47. The normalized spacial score (nSPS) is 11.5. The van der Waals surface area contributed by atoms with Gasteiger partial charge in [-0.25, -0.2) is 0 Å². The number of carbonyl (C=O) groups is 1. The molecule has 106 valence electrons. The smallest absolute Gasteiger partial charge is 0.328 e. The average Bonchev–Trinajstić information content (AvgIpc) is 2.26. The Balaban J connectivity index is 2.99. The Kier molecular flexibility index (Phi) is 5.50. The molecule has 0 fully saturated rings. The number of carbonyl (C=O) groups excluding carboxylic acids is 1. The first-order valence-electron chi connectivity index (χ1n) is 5.42. The highest BCUT2D eigenvalue weighted by Gasteiger charge is 2.33. The summed E-state index contributed by atoms with van der Waals surface area (Å²) < 4.78 is 37.2. The lowest BCUT2D eigenvalue weighted by Crippen LogP contribution is -2.40. The predicted molar refractivity (Wildman–Crippen MR) is 68.9 cm³/mol. The zero-order valence-corrected chi connectivity index (χ0v) is 11.6. The van der Waals surface area contributed by atoms with Gasteiger partial charge in [-0.2, -0.15) is 13.2 Å². The van der Waals surface area contributed by atoms with Gasteiger partial charge in [0.1, 0.15) is 6.54 Å². The highest BCUT2D eigenvalue weighted by Crippen LogP contribution is 2.22. The Hall–Kier alpha value is -0.940. The van der Waals surface area contributed by atoms with E-state index >= 15 is 0 Å². The van der Waals surface area contributed by atoms with Gasteiger partial charge in [0.15, 0.2) is 0 Å². The molecule has 19 heavy (non-hydrogen) atoms. The Bertz CT molecular complexity index is 463. The average molecular weight is 314 g/mol. The fraction of sp³-hybridized carbons (Fsp3) is 0.417. The SMILES string of the molecule is Cc1ccc(C(=O)N(CCCl)CC(F)(F)F)c(Cl)c1. The fourth-order valence-electron chi connectivity index (χ4n) is 1.53. The number of amides is 1. The highest BCUT2D eigenvalue weighted by atomic mass is 35.5. The molecule has 0 N–H and O–H groups in total. The minimum atomic E-state index is -4.47. The van der Waals surface area contributed by atoms with Crippen LogP contribution in [-0.4, -0.2) is 36.0 Å². The molecule has 0 aliphatic rings. The second-order valence-corrected chi connectivity index (χ2v) is 4.80. The molecule has 0 aliphatic heterocycles. The Morgan fingerprint density at radius 1 is 1.37 bits per heavy atom. The van der Waals surface area contributed by atoms with Crippen molar-refractivity contribution >= 4 is 29.1 Å². The van der Waals surface area contributed by atoms with Gasteiger partial charge in [0.2, 0.25) is 0 Å². The fourth-order valence-corrected chi connectivity index (χ4v) is 2.05. The molecule has 0 saturated carbocycles. The van der Waals surface area contributed by atoms with Crippen LogP contribution in [0.2, 0.25) is 5.02 Å². The number of nitrogens with zero attached hydrogens (tertiary/aromatic N) is 1. The van der Waals surface area contributed by atoms with E-state index < -0.39 is 18.6 Å². The number of hydrogen-bond donors (Lipinski definition) is 0. The molecule has 0 bridgehead atoms. The van der Waals surface area contributed by atoms with Crippen molar-refractivity contribution in [1.29, 1.82) is 0 Å². The first-order valence-corrected chi connectivity index (χ1v) is 6.34. The van der Waals surface area contributed by atoms with E-state index in [1.165, 1.54) is 12.1 Å². The molecular formula is C12H12Cl2F3NO. The molecule has 0 aliphatic carbocycles. The minimum absolute atomic E-state index is 0.0432. The van der Waals surface area contributed by atoms with Gasteiger partial charge in [0.05, 0.1) is 10.6 Å². The third-order valence-electron chi connectivity index (χ3n) is 2.37. The summed E-state index contributed by atoms with van der Waals surface area (Å²) in [5.41, 5.74) is 0.864. The maximum absolute atomic E-state index is 12.4. The third-order valence-corrected chi connectivity index (χ3v) is 2.85. The molecule has 7 heteroatoms. The quantitative estimate of drug-likeness (QED) is 0.772. The van der Waals surface area contributed by atoms with Gasteiger partial charge in [-0.3, -0.25) is 4.79 Å². The largest absolute Gasteiger partial charge is 0.406 e. The molecule has 0 heterocycles. The molecule has 0 aromatic heterocycles. The van der Waals surface area contributed by atoms with E-state index in [1.54, 1.807) is 13.0 Å². The van der Waals surface area contributed by atoms with E-state index in [2.05, 4.69) is 0 Å². The van der Waals surface area contributed by atoms with Crippen LogP contribution in [0.15, 0.2) is 18.2 Å². The minimum Gasteiger partial charge on any atom is -0.328 e. The van der Waals surface area contributed by atoms with E-state index in [0.29, 0.717) is 4.90 Å². The molecule has 1 aromatic carbocycles. The summed E-state index contributed by atoms with van der Waals surface area (Å²) in [4.78, 5) is 12.7. The van der Waals surface area contributed by atoms with Gasteiger partial charge >= 0.3 is 6.18 Å². The van der Waals surface area contributed by atoms with E-state index in [4.69, 9.17) is 23.2 Å². The molecular weight excluding hydrogens is 302 g/mol. The zero-order chi connectivity index (χ0) is 14.6. The first kappa shape index (κ1) is 16.1. The molecule has 0 radical (unpaired) electrons. The number of alkyl halides is 4. The molecule has 0 spiro atoms. The van der Waals surface area contributed by atoms with Crippen LogP contribution >= 0.6 is 23.2 Å². The Labute approximate surface area is 119 Å². The Morgan fingerprint density at radius 3 is 2.47 bits per heavy atom. The van der Waals surface area contributed by atoms with E-state index in [0.717, 1.165) is 5.56 Å². The lowest BCUT2D eigenvalue weighted by molar-refractivity contribution is -0.140. The molecule has 1 amide bonds. The van der Waals surface area contributed by atoms with Crippen molar-refractivity contribution in [3.8, 4) is 0 Å². The summed E-state index contributed by atoms with van der Waals surface area (Å²) >= 11 is 11.3. The highest BCUT2D eigenvalue weighted by molar-refractivity contribution is 6.33. The van der Waals surface area contributed by atoms with Crippen LogP contribution in [-0.2, 0) is 0 Å². The molecule has 1 aromatic rings. The van der Waals surface area contributed by atoms with Crippen LogP contribution in [0.5, 0.6) is 0 Å². The molecule has 0 atom stereocenters. The topological polar surface area (TPSA) is 20.3 Å². The second kappa shape index (κ2) is 6.48. The van der Waals surface area contributed by atoms with Crippen molar-refractivity contribution in [2.75, 3.05) is 19.0 Å². The zero-order valence-electron chi connectivity index (χ0n) is 10.1. The van der Waals surface area contributed by atoms with Gasteiger partial charge in [-0.05, 0) is 24.6 Å². The summed E-state index contributed by atoms with van der Waals surface area (Å²) in [5, 5.41) is 0.131. The van der Waals surface area contributed by atoms with Crippen LogP contribution < -0.4 is 0 Å². The van der Waals surface area contributed by atoms with Crippen LogP contribution in [0.25, 0.3) is 0 Å². The van der Waals surface area contributed by atoms with Crippen LogP contribution in [0.1, 0.15) is 15.9 Å². The van der Waals surface area contributed by atoms with Crippen molar-refractivity contribution in [2.24, 2.45) is 0 Å². The predicted octanol–water partition coefficient (Wildman–Crippen LogP) is 3.89. The number of rotatable bonds is 4. The van der Waals surface area contributed by atoms with Crippen LogP contribution in [0.4, 0.5) is 13.2 Å². The van der Waals surface area contributed by atoms with Gasteiger partial charge in [-0.1, -0.05) is 17.7 Å². The van der Waals surface area contributed by atoms with E-state index in [-0.39, 0.29) is 23.0 Å². The molecule has 2 nitrogen and oxygen atoms in total. The molecule has 0 saturated heterocycles. The number of aryl methyl sites for hydroxylation is 1. The van der Waals surface area contributed by atoms with Crippen molar-refractivity contribution in [1.82, 2.24) is 4.90 Å². The van der Waals surface area contributed by atoms with Crippen LogP contribution in [0.3, 0.4) is 0 Å². The van der Waals surface area contributed by atoms with E-state index in [9.17, 15) is 18.0 Å². The van der Waals surface area contributed by atoms with Gasteiger partial charge in [0, 0.05) is 12.4 Å². The van der Waals surface area contributed by atoms with Crippen molar-refractivity contribution in [3.05, 3.63) is 34.3 Å². The monoisotopic (exact) mass is 313 g/mol. The number of hydrogen-bond acceptors (Lipinski definition) is 1. The van der Waals surface area contributed by atoms with Gasteiger partial charge in [-0.15, -0.1) is 11.6 Å². The lowest BCUT2D eigenvalue weighted by atomic mass is 10.1. The maximum atomic E-state index is 12.4. The van der Waals surface area contributed by atoms with Crippen LogP contribution in [0, 0.1) is 6.92 Å². The van der Waals surface area contributed by atoms with Gasteiger partial charge in [0.25, 0.3) is 5.91 Å². The van der Waals surface area contributed by atoms with Crippen molar-refractivity contribution in [2.45, 2.75) is 13.1 Å². The Morgan fingerprint density at radius 2 is 2.00 bits per heavy atom. The van der Waals surface area contributed by atoms with Crippen molar-refractivity contribution < 1.29 is 18.0 Å². The van der Waals surface area contributed by atoms with Gasteiger partial charge < -0.3 is 4.90 Å². The van der Waals surface area contributed by atoms with Crippen molar-refractivity contribution in [3.63, 3.8) is 0 Å². The molecule has 0 unspecified atom stereocenters. The maximum Gasteiger partial charge on any atom is 0.406 e. The number of benzene rings is 1. The van der Waals surface area contributed by atoms with E-state index in [1.807, 2.05) is 0 Å². The summed E-state index contributed by atoms with van der Waals surface area (Å²) in [5.74, 6) is -0.853. The lowest BCUT2D eigenvalue weighted by Gasteiger charge is -2.23. The summed E-state index contributed by atoms with van der Waals surface area (Å²) in [7, 11) is 0. The summed E-state index contributed by atoms with van der Waals surface area (Å²) in [6.45, 7) is 0.235. The standard InChI is InChI=1S/C12H12Cl2F3NO/c1-8-2-3-9(10(14)6-8)11(19)18(5-4-13)7-12(15,16)17/h2-3,6H,4-5,7H2,1H3. The first-order chi connectivity index (χ1) is 8.74. The summed E-state index contributed by atoms with van der Waals surface area (Å²) in [6, 6.07) is 4.56. The second-order valence-electron chi connectivity index (χ2n) is 4.01. The number of halogens is 5. The third kappa shape index (κ3) is 4.91. The molecule has 1 rings (SSSR count).